The average molecular weight is 390 g/mol. The average Bonchev–Trinajstić information content (AvgIpc) is 3.18. The lowest BCUT2D eigenvalue weighted by molar-refractivity contribution is -0.132. The van der Waals surface area contributed by atoms with Gasteiger partial charge in [-0.2, -0.15) is 0 Å². The van der Waals surface area contributed by atoms with Gasteiger partial charge in [0.2, 0.25) is 10.9 Å². The largest absolute Gasteiger partial charge is 0.342 e. The molecule has 1 unspecified atom stereocenters. The van der Waals surface area contributed by atoms with E-state index in [-0.39, 0.29) is 28.6 Å². The molecule has 0 saturated carbocycles. The molecule has 1 aliphatic rings. The van der Waals surface area contributed by atoms with Crippen LogP contribution in [0, 0.1) is 5.82 Å². The summed E-state index contributed by atoms with van der Waals surface area (Å²) >= 11 is 1.26. The molecule has 0 aliphatic carbocycles. The van der Waals surface area contributed by atoms with E-state index in [1.54, 1.807) is 0 Å². The van der Waals surface area contributed by atoms with Crippen LogP contribution in [0.1, 0.15) is 59.8 Å². The molecule has 1 N–H and O–H groups in total. The quantitative estimate of drug-likeness (QED) is 0.813. The van der Waals surface area contributed by atoms with Crippen molar-refractivity contribution >= 4 is 28.8 Å². The molecule has 1 fully saturated rings. The van der Waals surface area contributed by atoms with Gasteiger partial charge in [0.25, 0.3) is 5.91 Å². The number of hydrogen-bond acceptors (Lipinski definition) is 5. The SMILES string of the molecule is CCCCC(=O)N1CCCC(c2nnc(C(=O)Nc3ccc(F)cc3)s2)C1. The number of unbranched alkanes of at least 4 members (excludes halogenated alkanes) is 1. The molecule has 0 radical (unpaired) electrons. The maximum absolute atomic E-state index is 13.0. The highest BCUT2D eigenvalue weighted by Gasteiger charge is 2.27. The van der Waals surface area contributed by atoms with E-state index in [0.29, 0.717) is 18.7 Å². The normalized spacial score (nSPS) is 17.0. The molecule has 0 bridgehead atoms. The van der Waals surface area contributed by atoms with Crippen LogP contribution in [0.25, 0.3) is 0 Å². The van der Waals surface area contributed by atoms with Gasteiger partial charge in [0.15, 0.2) is 0 Å². The molecular formula is C19H23FN4O2S. The molecule has 1 aliphatic heterocycles. The number of hydrogen-bond donors (Lipinski definition) is 1. The van der Waals surface area contributed by atoms with Crippen molar-refractivity contribution in [3.05, 3.63) is 40.1 Å². The molecule has 144 valence electrons. The van der Waals surface area contributed by atoms with Crippen molar-refractivity contribution in [1.29, 1.82) is 0 Å². The number of halogens is 1. The van der Waals surface area contributed by atoms with Crippen molar-refractivity contribution in [3.8, 4) is 0 Å². The molecule has 1 aromatic carbocycles. The molecule has 1 saturated heterocycles. The highest BCUT2D eigenvalue weighted by atomic mass is 32.1. The standard InChI is InChI=1S/C19H23FN4O2S/c1-2-3-6-16(25)24-11-4-5-13(12-24)18-22-23-19(27-18)17(26)21-15-9-7-14(20)8-10-15/h7-10,13H,2-6,11-12H2,1H3,(H,21,26). The van der Waals surface area contributed by atoms with Gasteiger partial charge in [0.05, 0.1) is 0 Å². The minimum Gasteiger partial charge on any atom is -0.342 e. The number of likely N-dealkylation sites (tertiary alicyclic amines) is 1. The number of piperidine rings is 1. The first-order chi connectivity index (χ1) is 13.1. The third-order valence-electron chi connectivity index (χ3n) is 4.60. The van der Waals surface area contributed by atoms with Gasteiger partial charge >= 0.3 is 0 Å². The first-order valence-electron chi connectivity index (χ1n) is 9.25. The number of amides is 2. The summed E-state index contributed by atoms with van der Waals surface area (Å²) in [5, 5.41) is 11.9. The lowest BCUT2D eigenvalue weighted by atomic mass is 9.98. The first-order valence-corrected chi connectivity index (χ1v) is 10.1. The Labute approximate surface area is 161 Å². The number of nitrogens with zero attached hydrogens (tertiary/aromatic N) is 3. The summed E-state index contributed by atoms with van der Waals surface area (Å²) in [4.78, 5) is 26.5. The van der Waals surface area contributed by atoms with Crippen LogP contribution in [0.15, 0.2) is 24.3 Å². The van der Waals surface area contributed by atoms with Crippen LogP contribution in [-0.2, 0) is 4.79 Å². The minimum absolute atomic E-state index is 0.120. The Morgan fingerprint density at radius 2 is 2.07 bits per heavy atom. The summed E-state index contributed by atoms with van der Waals surface area (Å²) in [5.74, 6) is -0.409. The maximum Gasteiger partial charge on any atom is 0.286 e. The van der Waals surface area contributed by atoms with Gasteiger partial charge in [-0.05, 0) is 43.5 Å². The van der Waals surface area contributed by atoms with Crippen molar-refractivity contribution in [3.63, 3.8) is 0 Å². The molecule has 0 spiro atoms. The van der Waals surface area contributed by atoms with E-state index in [9.17, 15) is 14.0 Å². The van der Waals surface area contributed by atoms with Crippen molar-refractivity contribution in [2.45, 2.75) is 44.9 Å². The summed E-state index contributed by atoms with van der Waals surface area (Å²) in [6.45, 7) is 3.50. The third kappa shape index (κ3) is 5.09. The highest BCUT2D eigenvalue weighted by molar-refractivity contribution is 7.13. The van der Waals surface area contributed by atoms with Gasteiger partial charge in [0, 0.05) is 31.1 Å². The predicted molar refractivity (Wildman–Crippen MR) is 102 cm³/mol. The zero-order valence-corrected chi connectivity index (χ0v) is 16.1. The van der Waals surface area contributed by atoms with Gasteiger partial charge in [0.1, 0.15) is 10.8 Å². The lowest BCUT2D eigenvalue weighted by Crippen LogP contribution is -2.38. The molecule has 3 rings (SSSR count). The van der Waals surface area contributed by atoms with Crippen molar-refractivity contribution in [1.82, 2.24) is 15.1 Å². The summed E-state index contributed by atoms with van der Waals surface area (Å²) in [6, 6.07) is 5.56. The molecule has 2 amide bonds. The lowest BCUT2D eigenvalue weighted by Gasteiger charge is -2.31. The van der Waals surface area contributed by atoms with Crippen LogP contribution < -0.4 is 5.32 Å². The van der Waals surface area contributed by atoms with Gasteiger partial charge in [-0.25, -0.2) is 4.39 Å². The second kappa shape index (κ2) is 9.03. The Morgan fingerprint density at radius 1 is 1.30 bits per heavy atom. The second-order valence-electron chi connectivity index (χ2n) is 6.69. The van der Waals surface area contributed by atoms with E-state index >= 15 is 0 Å². The zero-order chi connectivity index (χ0) is 19.2. The van der Waals surface area contributed by atoms with Crippen LogP contribution in [0.3, 0.4) is 0 Å². The van der Waals surface area contributed by atoms with E-state index in [0.717, 1.165) is 37.2 Å². The number of carbonyl (C=O) groups is 2. The van der Waals surface area contributed by atoms with E-state index in [1.807, 2.05) is 4.90 Å². The van der Waals surface area contributed by atoms with E-state index in [1.165, 1.54) is 35.6 Å². The summed E-state index contributed by atoms with van der Waals surface area (Å²) in [7, 11) is 0. The van der Waals surface area contributed by atoms with Crippen LogP contribution in [-0.4, -0.2) is 40.0 Å². The van der Waals surface area contributed by atoms with E-state index in [2.05, 4.69) is 22.4 Å². The molecule has 1 atom stereocenters. The number of anilines is 1. The Balaban J connectivity index is 1.61. The van der Waals surface area contributed by atoms with E-state index < -0.39 is 0 Å². The summed E-state index contributed by atoms with van der Waals surface area (Å²) in [5.41, 5.74) is 0.503. The molecular weight excluding hydrogens is 367 g/mol. The number of aromatic nitrogens is 2. The topological polar surface area (TPSA) is 75.2 Å². The van der Waals surface area contributed by atoms with Gasteiger partial charge < -0.3 is 10.2 Å². The van der Waals surface area contributed by atoms with Gasteiger partial charge in [-0.15, -0.1) is 10.2 Å². The van der Waals surface area contributed by atoms with Crippen LogP contribution in [0.2, 0.25) is 0 Å². The van der Waals surface area contributed by atoms with Gasteiger partial charge in [-0.1, -0.05) is 24.7 Å². The summed E-state index contributed by atoms with van der Waals surface area (Å²) < 4.78 is 13.0. The molecule has 2 aromatic rings. The predicted octanol–water partition coefficient (Wildman–Crippen LogP) is 3.83. The van der Waals surface area contributed by atoms with Crippen LogP contribution >= 0.6 is 11.3 Å². The Morgan fingerprint density at radius 3 is 2.81 bits per heavy atom. The molecule has 8 heteroatoms. The number of rotatable bonds is 6. The summed E-state index contributed by atoms with van der Waals surface area (Å²) in [6.07, 6.45) is 4.37. The van der Waals surface area contributed by atoms with Crippen LogP contribution in [0.4, 0.5) is 10.1 Å². The smallest absolute Gasteiger partial charge is 0.286 e. The van der Waals surface area contributed by atoms with Crippen molar-refractivity contribution < 1.29 is 14.0 Å². The molecule has 27 heavy (non-hydrogen) atoms. The molecule has 2 heterocycles. The fraction of sp³-hybridized carbons (Fsp3) is 0.474. The Hall–Kier alpha value is -2.35. The fourth-order valence-corrected chi connectivity index (χ4v) is 3.96. The maximum atomic E-state index is 13.0. The van der Waals surface area contributed by atoms with Crippen molar-refractivity contribution in [2.75, 3.05) is 18.4 Å². The van der Waals surface area contributed by atoms with Crippen molar-refractivity contribution in [2.24, 2.45) is 0 Å². The van der Waals surface area contributed by atoms with E-state index in [4.69, 9.17) is 0 Å². The Kier molecular flexibility index (Phi) is 6.49. The fourth-order valence-electron chi connectivity index (χ4n) is 3.10. The molecule has 1 aromatic heterocycles. The third-order valence-corrected chi connectivity index (χ3v) is 5.69. The minimum atomic E-state index is -0.364. The zero-order valence-electron chi connectivity index (χ0n) is 15.3. The Bertz CT molecular complexity index is 793. The number of nitrogens with one attached hydrogen (secondary N) is 1. The highest BCUT2D eigenvalue weighted by Crippen LogP contribution is 2.29. The van der Waals surface area contributed by atoms with Gasteiger partial charge in [-0.3, -0.25) is 9.59 Å². The van der Waals surface area contributed by atoms with Crippen LogP contribution in [0.5, 0.6) is 0 Å². The first kappa shape index (κ1) is 19.4. The second-order valence-corrected chi connectivity index (χ2v) is 7.70. The monoisotopic (exact) mass is 390 g/mol. The molecule has 6 nitrogen and oxygen atoms in total. The number of carbonyl (C=O) groups excluding carboxylic acids is 2. The number of benzene rings is 1.